The van der Waals surface area contributed by atoms with Gasteiger partial charge in [0.2, 0.25) is 0 Å². The zero-order chi connectivity index (χ0) is 29.8. The molecule has 3 saturated carbocycles. The lowest BCUT2D eigenvalue weighted by Crippen LogP contribution is -2.51. The minimum absolute atomic E-state index is 0.00360. The summed E-state index contributed by atoms with van der Waals surface area (Å²) in [6, 6.07) is 0. The average molecular weight is 573 g/mol. The molecule has 0 heterocycles. The minimum Gasteiger partial charge on any atom is -0.446 e. The van der Waals surface area contributed by atoms with Gasteiger partial charge in [-0.25, -0.2) is 4.79 Å². The third-order valence-electron chi connectivity index (χ3n) is 12.8. The van der Waals surface area contributed by atoms with Crippen LogP contribution < -0.4 is 5.32 Å². The summed E-state index contributed by atoms with van der Waals surface area (Å²) in [5.41, 5.74) is 2.40. The third kappa shape index (κ3) is 7.36. The monoisotopic (exact) mass is 572 g/mol. The molecule has 5 nitrogen and oxygen atoms in total. The summed E-state index contributed by atoms with van der Waals surface area (Å²) >= 11 is 0. The van der Waals surface area contributed by atoms with Crippen molar-refractivity contribution in [2.24, 2.45) is 52.3 Å². The predicted octanol–water partition coefficient (Wildman–Crippen LogP) is 8.34. The van der Waals surface area contributed by atoms with Crippen molar-refractivity contribution in [2.75, 3.05) is 40.4 Å². The molecular formula is C36H64N2O3. The van der Waals surface area contributed by atoms with Crippen LogP contribution in [0.4, 0.5) is 4.79 Å². The number of hydrogen-bond acceptors (Lipinski definition) is 4. The Morgan fingerprint density at radius 3 is 2.54 bits per heavy atom. The first kappa shape index (κ1) is 32.8. The van der Waals surface area contributed by atoms with Crippen molar-refractivity contribution in [1.29, 1.82) is 0 Å². The quantitative estimate of drug-likeness (QED) is 0.178. The molecule has 0 spiro atoms. The van der Waals surface area contributed by atoms with E-state index in [1.165, 1.54) is 51.4 Å². The van der Waals surface area contributed by atoms with Crippen LogP contribution in [0.1, 0.15) is 112 Å². The second-order valence-electron chi connectivity index (χ2n) is 15.6. The van der Waals surface area contributed by atoms with E-state index in [2.05, 4.69) is 57.8 Å². The summed E-state index contributed by atoms with van der Waals surface area (Å²) in [7, 11) is 4.06. The maximum absolute atomic E-state index is 12.5. The van der Waals surface area contributed by atoms with Crippen molar-refractivity contribution in [3.63, 3.8) is 0 Å². The largest absolute Gasteiger partial charge is 0.446 e. The number of nitrogens with zero attached hydrogens (tertiary/aromatic N) is 1. The Hall–Kier alpha value is -1.07. The van der Waals surface area contributed by atoms with Gasteiger partial charge in [0.05, 0.1) is 13.2 Å². The van der Waals surface area contributed by atoms with Crippen LogP contribution in [0.3, 0.4) is 0 Å². The second-order valence-corrected chi connectivity index (χ2v) is 15.6. The molecule has 1 amide bonds. The molecule has 4 rings (SSSR count). The van der Waals surface area contributed by atoms with Crippen LogP contribution in [-0.2, 0) is 9.47 Å². The van der Waals surface area contributed by atoms with Gasteiger partial charge >= 0.3 is 6.09 Å². The van der Waals surface area contributed by atoms with Crippen LogP contribution in [-0.4, -0.2) is 57.5 Å². The van der Waals surface area contributed by atoms with Crippen molar-refractivity contribution in [1.82, 2.24) is 10.2 Å². The normalized spacial score (nSPS) is 36.2. The fraction of sp³-hybridized carbons (Fsp3) is 0.917. The zero-order valence-electron chi connectivity index (χ0n) is 28.0. The first-order valence-corrected chi connectivity index (χ1v) is 17.4. The molecule has 236 valence electrons. The van der Waals surface area contributed by atoms with Gasteiger partial charge in [-0.3, -0.25) is 0 Å². The second kappa shape index (κ2) is 14.1. The Balaban J connectivity index is 1.30. The highest BCUT2D eigenvalue weighted by Gasteiger charge is 2.59. The maximum atomic E-state index is 12.5. The van der Waals surface area contributed by atoms with E-state index in [4.69, 9.17) is 9.47 Å². The molecule has 0 radical (unpaired) electrons. The number of alkyl carbamates (subject to hydrolysis) is 1. The Morgan fingerprint density at radius 1 is 1.05 bits per heavy atom. The first-order valence-electron chi connectivity index (χ1n) is 17.4. The Labute approximate surface area is 252 Å². The number of carbonyl (C=O) groups excluding carboxylic acids is 1. The summed E-state index contributed by atoms with van der Waals surface area (Å²) in [6.07, 6.45) is 16.5. The fourth-order valence-electron chi connectivity index (χ4n) is 10.2. The number of allylic oxidation sites excluding steroid dienone is 1. The van der Waals surface area contributed by atoms with Crippen LogP contribution in [0.2, 0.25) is 0 Å². The van der Waals surface area contributed by atoms with Crippen molar-refractivity contribution in [3.8, 4) is 0 Å². The Bertz CT molecular complexity index is 886. The van der Waals surface area contributed by atoms with Crippen molar-refractivity contribution < 1.29 is 14.3 Å². The summed E-state index contributed by atoms with van der Waals surface area (Å²) in [4.78, 5) is 14.6. The SMILES string of the molecule is CC[C@H](CC[C@@H](C)[C@H]1CC[C@H]2[C@@H]3CC=C4C[C@@H](OC(=O)NCCOCCN(C)C)CC[C@]4(C)[C@H]3CC[C@]12C)C(C)C. The van der Waals surface area contributed by atoms with Crippen LogP contribution in [0.5, 0.6) is 0 Å². The van der Waals surface area contributed by atoms with Gasteiger partial charge in [0.15, 0.2) is 0 Å². The molecule has 0 aliphatic heterocycles. The number of rotatable bonds is 13. The lowest BCUT2D eigenvalue weighted by Gasteiger charge is -2.58. The molecule has 9 atom stereocenters. The number of amides is 1. The molecule has 4 aliphatic rings. The van der Waals surface area contributed by atoms with E-state index in [0.717, 1.165) is 67.2 Å². The smallest absolute Gasteiger partial charge is 0.407 e. The van der Waals surface area contributed by atoms with Crippen LogP contribution in [0.15, 0.2) is 11.6 Å². The van der Waals surface area contributed by atoms with E-state index in [-0.39, 0.29) is 17.6 Å². The van der Waals surface area contributed by atoms with Gasteiger partial charge in [0.1, 0.15) is 6.10 Å². The molecule has 41 heavy (non-hydrogen) atoms. The summed E-state index contributed by atoms with van der Waals surface area (Å²) < 4.78 is 11.5. The predicted molar refractivity (Wildman–Crippen MR) is 170 cm³/mol. The molecule has 0 bridgehead atoms. The molecule has 0 aromatic rings. The number of likely N-dealkylation sites (N-methyl/N-ethyl adjacent to an activating group) is 1. The maximum Gasteiger partial charge on any atom is 0.407 e. The molecule has 1 N–H and O–H groups in total. The van der Waals surface area contributed by atoms with E-state index in [9.17, 15) is 4.79 Å². The molecule has 4 aliphatic carbocycles. The minimum atomic E-state index is -0.290. The van der Waals surface area contributed by atoms with Crippen molar-refractivity contribution in [3.05, 3.63) is 11.6 Å². The summed E-state index contributed by atoms with van der Waals surface area (Å²) in [6.45, 7) is 17.7. The zero-order valence-corrected chi connectivity index (χ0v) is 28.0. The number of nitrogens with one attached hydrogen (secondary N) is 1. The number of ether oxygens (including phenoxy) is 2. The lowest BCUT2D eigenvalue weighted by atomic mass is 9.47. The Morgan fingerprint density at radius 2 is 1.83 bits per heavy atom. The van der Waals surface area contributed by atoms with Gasteiger partial charge < -0.3 is 19.7 Å². The summed E-state index contributed by atoms with van der Waals surface area (Å²) in [5, 5.41) is 2.89. The van der Waals surface area contributed by atoms with Gasteiger partial charge in [-0.05, 0) is 118 Å². The fourth-order valence-corrected chi connectivity index (χ4v) is 10.2. The molecule has 3 fully saturated rings. The van der Waals surface area contributed by atoms with E-state index >= 15 is 0 Å². The average Bonchev–Trinajstić information content (AvgIpc) is 3.28. The number of hydrogen-bond donors (Lipinski definition) is 1. The van der Waals surface area contributed by atoms with E-state index in [0.29, 0.717) is 25.2 Å². The van der Waals surface area contributed by atoms with Crippen molar-refractivity contribution >= 4 is 6.09 Å². The Kier molecular flexibility index (Phi) is 11.3. The molecular weight excluding hydrogens is 508 g/mol. The molecule has 5 heteroatoms. The standard InChI is InChI=1S/C36H64N2O3/c1-9-27(25(2)3)11-10-26(4)31-14-15-32-30-13-12-28-24-29(41-34(39)37-20-22-40-23-21-38(7)8)16-18-35(28,5)33(30)17-19-36(31,32)6/h12,25-27,29-33H,9-11,13-24H2,1-8H3,(H,37,39)/t26-,27-,29+,30+,31-,32+,33+,35+,36-/m1/s1. The number of fused-ring (bicyclic) bond motifs is 5. The molecule has 0 unspecified atom stereocenters. The third-order valence-corrected chi connectivity index (χ3v) is 12.8. The summed E-state index contributed by atoms with van der Waals surface area (Å²) in [5.74, 6) is 5.97. The van der Waals surface area contributed by atoms with Crippen LogP contribution in [0.25, 0.3) is 0 Å². The lowest BCUT2D eigenvalue weighted by molar-refractivity contribution is -0.0584. The van der Waals surface area contributed by atoms with Crippen LogP contribution >= 0.6 is 0 Å². The number of carbonyl (C=O) groups is 1. The molecule has 0 aromatic heterocycles. The highest BCUT2D eigenvalue weighted by molar-refractivity contribution is 5.67. The van der Waals surface area contributed by atoms with E-state index in [1.807, 2.05) is 14.1 Å². The highest BCUT2D eigenvalue weighted by Crippen LogP contribution is 2.67. The van der Waals surface area contributed by atoms with Crippen LogP contribution in [0, 0.1) is 52.3 Å². The van der Waals surface area contributed by atoms with Gasteiger partial charge in [-0.1, -0.05) is 66.0 Å². The van der Waals surface area contributed by atoms with Gasteiger partial charge in [0.25, 0.3) is 0 Å². The van der Waals surface area contributed by atoms with Crippen molar-refractivity contribution in [2.45, 2.75) is 118 Å². The highest BCUT2D eigenvalue weighted by atomic mass is 16.6. The molecule has 0 aromatic carbocycles. The van der Waals surface area contributed by atoms with Gasteiger partial charge in [-0.2, -0.15) is 0 Å². The topological polar surface area (TPSA) is 50.8 Å². The molecule has 0 saturated heterocycles. The van der Waals surface area contributed by atoms with Gasteiger partial charge in [-0.15, -0.1) is 0 Å². The van der Waals surface area contributed by atoms with Gasteiger partial charge in [0, 0.05) is 19.5 Å². The van der Waals surface area contributed by atoms with E-state index < -0.39 is 0 Å². The first-order chi connectivity index (χ1) is 19.5. The van der Waals surface area contributed by atoms with E-state index in [1.54, 1.807) is 5.57 Å².